The lowest BCUT2D eigenvalue weighted by Crippen LogP contribution is -2.42. The van der Waals surface area contributed by atoms with Gasteiger partial charge in [-0.05, 0) is 18.1 Å². The van der Waals surface area contributed by atoms with Gasteiger partial charge in [-0.3, -0.25) is 4.90 Å². The summed E-state index contributed by atoms with van der Waals surface area (Å²) in [4.78, 5) is 8.39. The second-order valence-corrected chi connectivity index (χ2v) is 9.32. The number of hydrogen-bond acceptors (Lipinski definition) is 6. The van der Waals surface area contributed by atoms with Crippen molar-refractivity contribution >= 4 is 11.4 Å². The molecule has 1 aromatic rings. The highest BCUT2D eigenvalue weighted by Crippen LogP contribution is 2.41. The monoisotopic (exact) mass is 460 g/mol. The first kappa shape index (κ1) is 21.2. The fourth-order valence-electron chi connectivity index (χ4n) is 5.57. The average Bonchev–Trinajstić information content (AvgIpc) is 3.45. The van der Waals surface area contributed by atoms with Gasteiger partial charge in [0.2, 0.25) is 0 Å². The summed E-state index contributed by atoms with van der Waals surface area (Å²) in [6.45, 7) is 3.32. The number of benzene rings is 1. The van der Waals surface area contributed by atoms with Gasteiger partial charge in [-0.15, -0.1) is 0 Å². The maximum absolute atomic E-state index is 6.09. The third kappa shape index (κ3) is 3.46. The number of methoxy groups -OCH3 is 2. The number of oxime groups is 1. The molecule has 0 N–H and O–H groups in total. The van der Waals surface area contributed by atoms with Crippen molar-refractivity contribution in [2.45, 2.75) is 12.5 Å². The van der Waals surface area contributed by atoms with E-state index in [2.05, 4.69) is 58.3 Å². The summed E-state index contributed by atoms with van der Waals surface area (Å²) < 4.78 is 19.2. The highest BCUT2D eigenvalue weighted by atomic mass is 16.6. The minimum absolute atomic E-state index is 0.0191. The Kier molecular flexibility index (Phi) is 5.29. The normalized spacial score (nSPS) is 27.1. The van der Waals surface area contributed by atoms with Gasteiger partial charge in [-0.2, -0.15) is 0 Å². The van der Waals surface area contributed by atoms with E-state index in [0.717, 1.165) is 43.1 Å². The molecule has 7 nitrogen and oxygen atoms in total. The Bertz CT molecular complexity index is 1210. The van der Waals surface area contributed by atoms with Crippen LogP contribution in [-0.2, 0) is 4.84 Å². The third-order valence-electron chi connectivity index (χ3n) is 7.44. The standard InChI is InChI=1S/C27H30N3O4/c1-29-14-20(18-6-4-5-7-22(18)29)17-8-10-30(11-9-17)15-26-21-16-33-23-13-25(32-3)24(31-2)12-19(23)27(21)28-34-26/h4-8,12-14,18,21,26H,9-11,15-16H2,1-3H3/q+1. The lowest BCUT2D eigenvalue weighted by atomic mass is 9.85. The molecule has 0 bridgehead atoms. The van der Waals surface area contributed by atoms with Crippen LogP contribution in [0.2, 0.25) is 0 Å². The molecule has 0 spiro atoms. The molecule has 4 aliphatic heterocycles. The van der Waals surface area contributed by atoms with E-state index < -0.39 is 0 Å². The van der Waals surface area contributed by atoms with Crippen molar-refractivity contribution in [3.8, 4) is 17.2 Å². The van der Waals surface area contributed by atoms with Crippen molar-refractivity contribution in [2.75, 3.05) is 47.5 Å². The van der Waals surface area contributed by atoms with Gasteiger partial charge in [0.05, 0.1) is 26.1 Å². The minimum Gasteiger partial charge on any atom is -0.493 e. The van der Waals surface area contributed by atoms with E-state index in [1.54, 1.807) is 14.2 Å². The van der Waals surface area contributed by atoms with Gasteiger partial charge in [0.15, 0.2) is 29.5 Å². The molecule has 176 valence electrons. The van der Waals surface area contributed by atoms with Gasteiger partial charge in [-0.1, -0.05) is 29.5 Å². The Morgan fingerprint density at radius 2 is 2.03 bits per heavy atom. The molecule has 7 heteroatoms. The SMILES string of the molecule is COc1cc2c(cc1OC)C1=NOC(CN3CC=C(C4=C[N+](C)=C5C=CC=CC45)CC3)C1CO2. The largest absolute Gasteiger partial charge is 0.493 e. The van der Waals surface area contributed by atoms with Gasteiger partial charge < -0.3 is 19.0 Å². The molecule has 5 aliphatic rings. The molecule has 0 fully saturated rings. The van der Waals surface area contributed by atoms with Crippen molar-refractivity contribution in [3.05, 3.63) is 65.4 Å². The number of hydrogen-bond donors (Lipinski definition) is 0. The Hall–Kier alpha value is -3.32. The maximum atomic E-state index is 6.09. The fraction of sp³-hybridized carbons (Fsp3) is 0.407. The van der Waals surface area contributed by atoms with E-state index in [1.807, 2.05) is 12.1 Å². The predicted molar refractivity (Wildman–Crippen MR) is 130 cm³/mol. The molecule has 4 heterocycles. The molecule has 0 saturated heterocycles. The smallest absolute Gasteiger partial charge is 0.192 e. The third-order valence-corrected chi connectivity index (χ3v) is 7.44. The number of ether oxygens (including phenoxy) is 3. The van der Waals surface area contributed by atoms with Crippen molar-refractivity contribution in [1.82, 2.24) is 4.90 Å². The second-order valence-electron chi connectivity index (χ2n) is 9.32. The molecule has 0 aromatic heterocycles. The lowest BCUT2D eigenvalue weighted by Gasteiger charge is -2.31. The Morgan fingerprint density at radius 3 is 2.82 bits per heavy atom. The summed E-state index contributed by atoms with van der Waals surface area (Å²) >= 11 is 0. The van der Waals surface area contributed by atoms with E-state index in [9.17, 15) is 0 Å². The van der Waals surface area contributed by atoms with Crippen LogP contribution in [0.3, 0.4) is 0 Å². The van der Waals surface area contributed by atoms with E-state index >= 15 is 0 Å². The molecule has 34 heavy (non-hydrogen) atoms. The van der Waals surface area contributed by atoms with Crippen molar-refractivity contribution in [1.29, 1.82) is 0 Å². The lowest BCUT2D eigenvalue weighted by molar-refractivity contribution is -0.418. The maximum Gasteiger partial charge on any atom is 0.192 e. The van der Waals surface area contributed by atoms with Crippen molar-refractivity contribution in [2.24, 2.45) is 17.0 Å². The van der Waals surface area contributed by atoms with Gasteiger partial charge in [-0.25, -0.2) is 4.58 Å². The fourth-order valence-corrected chi connectivity index (χ4v) is 5.57. The summed E-state index contributed by atoms with van der Waals surface area (Å²) in [5.41, 5.74) is 6.12. The number of nitrogens with zero attached hydrogens (tertiary/aromatic N) is 3. The molecule has 1 aromatic carbocycles. The van der Waals surface area contributed by atoms with Crippen LogP contribution in [0, 0.1) is 11.8 Å². The topological polar surface area (TPSA) is 55.5 Å². The van der Waals surface area contributed by atoms with Gasteiger partial charge in [0, 0.05) is 42.9 Å². The van der Waals surface area contributed by atoms with Crippen LogP contribution < -0.4 is 14.2 Å². The Balaban J connectivity index is 1.12. The summed E-state index contributed by atoms with van der Waals surface area (Å²) in [7, 11) is 5.40. The van der Waals surface area contributed by atoms with E-state index in [4.69, 9.17) is 19.0 Å². The Morgan fingerprint density at radius 1 is 1.18 bits per heavy atom. The number of allylic oxidation sites excluding steroid dienone is 5. The highest BCUT2D eigenvalue weighted by Gasteiger charge is 2.41. The summed E-state index contributed by atoms with van der Waals surface area (Å²) in [6, 6.07) is 3.81. The number of fused-ring (bicyclic) bond motifs is 4. The predicted octanol–water partition coefficient (Wildman–Crippen LogP) is 3.17. The molecular weight excluding hydrogens is 430 g/mol. The molecular formula is C27H30N3O4+. The summed E-state index contributed by atoms with van der Waals surface area (Å²) in [5, 5.41) is 4.48. The number of rotatable bonds is 5. The zero-order valence-corrected chi connectivity index (χ0v) is 19.9. The minimum atomic E-state index is -0.0191. The van der Waals surface area contributed by atoms with Gasteiger partial charge in [0.1, 0.15) is 25.1 Å². The first-order chi connectivity index (χ1) is 16.7. The Labute approximate surface area is 199 Å². The average molecular weight is 461 g/mol. The summed E-state index contributed by atoms with van der Waals surface area (Å²) in [5.74, 6) is 2.58. The van der Waals surface area contributed by atoms with E-state index in [0.29, 0.717) is 24.0 Å². The van der Waals surface area contributed by atoms with Crippen LogP contribution in [0.4, 0.5) is 0 Å². The van der Waals surface area contributed by atoms with Gasteiger partial charge >= 0.3 is 0 Å². The molecule has 0 amide bonds. The first-order valence-electron chi connectivity index (χ1n) is 11.9. The van der Waals surface area contributed by atoms with Crippen LogP contribution in [0.25, 0.3) is 0 Å². The van der Waals surface area contributed by atoms with Crippen LogP contribution in [0.5, 0.6) is 17.2 Å². The molecule has 3 unspecified atom stereocenters. The van der Waals surface area contributed by atoms with Crippen LogP contribution in [-0.4, -0.2) is 74.5 Å². The highest BCUT2D eigenvalue weighted by molar-refractivity contribution is 6.06. The zero-order valence-electron chi connectivity index (χ0n) is 19.9. The molecule has 0 radical (unpaired) electrons. The molecule has 3 atom stereocenters. The molecule has 0 saturated carbocycles. The quantitative estimate of drug-likeness (QED) is 0.632. The van der Waals surface area contributed by atoms with E-state index in [1.165, 1.54) is 16.9 Å². The second kappa shape index (κ2) is 8.47. The van der Waals surface area contributed by atoms with Crippen LogP contribution >= 0.6 is 0 Å². The molecule has 6 rings (SSSR count). The van der Waals surface area contributed by atoms with E-state index in [-0.39, 0.29) is 12.0 Å². The van der Waals surface area contributed by atoms with Crippen LogP contribution in [0.15, 0.2) is 65.0 Å². The van der Waals surface area contributed by atoms with Crippen molar-refractivity contribution in [3.63, 3.8) is 0 Å². The molecule has 1 aliphatic carbocycles. The van der Waals surface area contributed by atoms with Crippen LogP contribution in [0.1, 0.15) is 12.0 Å². The van der Waals surface area contributed by atoms with Crippen molar-refractivity contribution < 1.29 is 23.6 Å². The summed E-state index contributed by atoms with van der Waals surface area (Å²) in [6.07, 6.45) is 14.5. The zero-order chi connectivity index (χ0) is 23.2. The first-order valence-corrected chi connectivity index (χ1v) is 11.9. The van der Waals surface area contributed by atoms with Gasteiger partial charge in [0.25, 0.3) is 0 Å².